The Kier molecular flexibility index (Phi) is 3.21. The smallest absolute Gasteiger partial charge is 0.131 e. The summed E-state index contributed by atoms with van der Waals surface area (Å²) < 4.78 is 1.03. The van der Waals surface area contributed by atoms with Crippen molar-refractivity contribution < 1.29 is 0 Å². The molecule has 0 N–H and O–H groups in total. The first-order valence-corrected chi connectivity index (χ1v) is 6.32. The SMILES string of the molecule is Cc1cc(Br)cnc1N1CC(C)C(Cl)C1. The van der Waals surface area contributed by atoms with E-state index in [1.807, 2.05) is 6.20 Å². The van der Waals surface area contributed by atoms with Gasteiger partial charge in [-0.1, -0.05) is 6.92 Å². The molecule has 15 heavy (non-hydrogen) atoms. The summed E-state index contributed by atoms with van der Waals surface area (Å²) >= 11 is 9.63. The minimum absolute atomic E-state index is 0.245. The second-order valence-electron chi connectivity index (χ2n) is 4.19. The number of hydrogen-bond donors (Lipinski definition) is 0. The summed E-state index contributed by atoms with van der Waals surface area (Å²) in [6, 6.07) is 2.09. The summed E-state index contributed by atoms with van der Waals surface area (Å²) in [5.74, 6) is 1.60. The zero-order valence-corrected chi connectivity index (χ0v) is 11.2. The lowest BCUT2D eigenvalue weighted by molar-refractivity contribution is 0.665. The maximum atomic E-state index is 6.21. The third-order valence-electron chi connectivity index (χ3n) is 2.84. The van der Waals surface area contributed by atoms with Crippen LogP contribution in [0.3, 0.4) is 0 Å². The van der Waals surface area contributed by atoms with Gasteiger partial charge >= 0.3 is 0 Å². The van der Waals surface area contributed by atoms with Crippen molar-refractivity contribution in [1.82, 2.24) is 4.98 Å². The molecule has 0 spiro atoms. The first-order valence-electron chi connectivity index (χ1n) is 5.09. The number of alkyl halides is 1. The number of aromatic nitrogens is 1. The van der Waals surface area contributed by atoms with Crippen LogP contribution in [0.2, 0.25) is 0 Å². The highest BCUT2D eigenvalue weighted by Gasteiger charge is 2.29. The molecule has 1 aromatic rings. The van der Waals surface area contributed by atoms with Crippen molar-refractivity contribution >= 4 is 33.3 Å². The number of rotatable bonds is 1. The predicted octanol–water partition coefficient (Wildman–Crippen LogP) is 3.22. The molecule has 1 fully saturated rings. The molecule has 1 aliphatic rings. The molecule has 1 saturated heterocycles. The van der Waals surface area contributed by atoms with Gasteiger partial charge < -0.3 is 4.90 Å². The van der Waals surface area contributed by atoms with E-state index < -0.39 is 0 Å². The molecule has 82 valence electrons. The van der Waals surface area contributed by atoms with Gasteiger partial charge in [-0.2, -0.15) is 0 Å². The van der Waals surface area contributed by atoms with Crippen LogP contribution in [0.25, 0.3) is 0 Å². The van der Waals surface area contributed by atoms with Crippen molar-refractivity contribution in [1.29, 1.82) is 0 Å². The van der Waals surface area contributed by atoms with Crippen LogP contribution in [-0.4, -0.2) is 23.5 Å². The molecule has 1 aliphatic heterocycles. The second-order valence-corrected chi connectivity index (χ2v) is 5.67. The van der Waals surface area contributed by atoms with Crippen LogP contribution in [0.1, 0.15) is 12.5 Å². The standard InChI is InChI=1S/C11H14BrClN2/c1-7-3-9(12)4-14-11(7)15-5-8(2)10(13)6-15/h3-4,8,10H,5-6H2,1-2H3. The molecule has 1 aromatic heterocycles. The average Bonchev–Trinajstić information content (AvgIpc) is 2.46. The zero-order valence-electron chi connectivity index (χ0n) is 8.87. The van der Waals surface area contributed by atoms with Crippen LogP contribution in [0, 0.1) is 12.8 Å². The topological polar surface area (TPSA) is 16.1 Å². The Balaban J connectivity index is 2.24. The van der Waals surface area contributed by atoms with Gasteiger partial charge in [-0.15, -0.1) is 11.6 Å². The Labute approximate surface area is 104 Å². The highest BCUT2D eigenvalue weighted by molar-refractivity contribution is 9.10. The van der Waals surface area contributed by atoms with Gasteiger partial charge in [0.2, 0.25) is 0 Å². The number of halogens is 2. The molecular weight excluding hydrogens is 275 g/mol. The average molecular weight is 290 g/mol. The Hall–Kier alpha value is -0.280. The Bertz CT molecular complexity index is 360. The van der Waals surface area contributed by atoms with Crippen molar-refractivity contribution in [3.63, 3.8) is 0 Å². The molecule has 2 rings (SSSR count). The quantitative estimate of drug-likeness (QED) is 0.738. The van der Waals surface area contributed by atoms with Crippen LogP contribution in [0.4, 0.5) is 5.82 Å². The molecule has 2 unspecified atom stereocenters. The van der Waals surface area contributed by atoms with Crippen molar-refractivity contribution in [3.8, 4) is 0 Å². The Morgan fingerprint density at radius 2 is 2.27 bits per heavy atom. The summed E-state index contributed by atoms with van der Waals surface area (Å²) in [4.78, 5) is 6.72. The van der Waals surface area contributed by atoms with Crippen LogP contribution < -0.4 is 4.90 Å². The van der Waals surface area contributed by atoms with Gasteiger partial charge in [-0.25, -0.2) is 4.98 Å². The summed E-state index contributed by atoms with van der Waals surface area (Å²) in [6.07, 6.45) is 1.84. The first kappa shape index (κ1) is 11.2. The highest BCUT2D eigenvalue weighted by atomic mass is 79.9. The molecular formula is C11H14BrClN2. The van der Waals surface area contributed by atoms with Gasteiger partial charge in [-0.05, 0) is 40.4 Å². The molecule has 4 heteroatoms. The number of pyridine rings is 1. The van der Waals surface area contributed by atoms with E-state index in [2.05, 4.69) is 45.7 Å². The molecule has 0 bridgehead atoms. The Morgan fingerprint density at radius 3 is 2.80 bits per heavy atom. The summed E-state index contributed by atoms with van der Waals surface area (Å²) in [6.45, 7) is 6.17. The van der Waals surface area contributed by atoms with Gasteiger partial charge in [0.15, 0.2) is 0 Å². The van der Waals surface area contributed by atoms with Crippen LogP contribution in [0.15, 0.2) is 16.7 Å². The van der Waals surface area contributed by atoms with Crippen molar-refractivity contribution in [2.24, 2.45) is 5.92 Å². The second kappa shape index (κ2) is 4.30. The van der Waals surface area contributed by atoms with E-state index in [9.17, 15) is 0 Å². The zero-order chi connectivity index (χ0) is 11.0. The minimum atomic E-state index is 0.245. The lowest BCUT2D eigenvalue weighted by Crippen LogP contribution is -2.22. The van der Waals surface area contributed by atoms with Gasteiger partial charge in [0.25, 0.3) is 0 Å². The lowest BCUT2D eigenvalue weighted by Gasteiger charge is -2.19. The monoisotopic (exact) mass is 288 g/mol. The maximum absolute atomic E-state index is 6.21. The third-order valence-corrected chi connectivity index (χ3v) is 3.84. The molecule has 0 amide bonds. The third kappa shape index (κ3) is 2.28. The van der Waals surface area contributed by atoms with Gasteiger partial charge in [0, 0.05) is 23.8 Å². The van der Waals surface area contributed by atoms with E-state index in [0.29, 0.717) is 5.92 Å². The highest BCUT2D eigenvalue weighted by Crippen LogP contribution is 2.28. The lowest BCUT2D eigenvalue weighted by atomic mass is 10.1. The van der Waals surface area contributed by atoms with E-state index in [1.165, 1.54) is 5.56 Å². The molecule has 0 saturated carbocycles. The van der Waals surface area contributed by atoms with Gasteiger partial charge in [0.05, 0.1) is 5.38 Å². The number of anilines is 1. The molecule has 0 radical (unpaired) electrons. The fourth-order valence-corrected chi connectivity index (χ4v) is 2.66. The molecule has 0 aliphatic carbocycles. The summed E-state index contributed by atoms with van der Waals surface area (Å²) in [5.41, 5.74) is 1.20. The van der Waals surface area contributed by atoms with E-state index >= 15 is 0 Å². The van der Waals surface area contributed by atoms with E-state index in [1.54, 1.807) is 0 Å². The molecule has 0 aromatic carbocycles. The molecule has 2 atom stereocenters. The largest absolute Gasteiger partial charge is 0.355 e. The van der Waals surface area contributed by atoms with Crippen LogP contribution >= 0.6 is 27.5 Å². The van der Waals surface area contributed by atoms with Gasteiger partial charge in [0.1, 0.15) is 5.82 Å². The van der Waals surface area contributed by atoms with Gasteiger partial charge in [-0.3, -0.25) is 0 Å². The van der Waals surface area contributed by atoms with E-state index in [0.717, 1.165) is 23.4 Å². The predicted molar refractivity (Wildman–Crippen MR) is 67.7 cm³/mol. The van der Waals surface area contributed by atoms with Crippen LogP contribution in [-0.2, 0) is 0 Å². The van der Waals surface area contributed by atoms with Crippen LogP contribution in [0.5, 0.6) is 0 Å². The Morgan fingerprint density at radius 1 is 1.53 bits per heavy atom. The number of hydrogen-bond acceptors (Lipinski definition) is 2. The van der Waals surface area contributed by atoms with Crippen molar-refractivity contribution in [2.75, 3.05) is 18.0 Å². The van der Waals surface area contributed by atoms with Crippen molar-refractivity contribution in [2.45, 2.75) is 19.2 Å². The minimum Gasteiger partial charge on any atom is -0.355 e. The fourth-order valence-electron chi connectivity index (χ4n) is 1.96. The number of aryl methyl sites for hydroxylation is 1. The fraction of sp³-hybridized carbons (Fsp3) is 0.545. The summed E-state index contributed by atoms with van der Waals surface area (Å²) in [7, 11) is 0. The molecule has 2 nitrogen and oxygen atoms in total. The summed E-state index contributed by atoms with van der Waals surface area (Å²) in [5, 5.41) is 0.245. The normalized spacial score (nSPS) is 26.0. The molecule has 2 heterocycles. The maximum Gasteiger partial charge on any atom is 0.131 e. The van der Waals surface area contributed by atoms with E-state index in [-0.39, 0.29) is 5.38 Å². The van der Waals surface area contributed by atoms with E-state index in [4.69, 9.17) is 11.6 Å². The first-order chi connectivity index (χ1) is 7.08. The number of nitrogens with zero attached hydrogens (tertiary/aromatic N) is 2. The van der Waals surface area contributed by atoms with Crippen molar-refractivity contribution in [3.05, 3.63) is 22.3 Å².